The van der Waals surface area contributed by atoms with Crippen molar-refractivity contribution in [2.24, 2.45) is 5.10 Å². The van der Waals surface area contributed by atoms with Crippen LogP contribution in [0, 0.1) is 13.8 Å². The van der Waals surface area contributed by atoms with Crippen LogP contribution in [0.25, 0.3) is 0 Å². The van der Waals surface area contributed by atoms with E-state index in [1.165, 1.54) is 16.7 Å². The van der Waals surface area contributed by atoms with Crippen molar-refractivity contribution in [3.8, 4) is 17.2 Å². The highest BCUT2D eigenvalue weighted by Crippen LogP contribution is 2.48. The van der Waals surface area contributed by atoms with Crippen LogP contribution in [-0.2, 0) is 0 Å². The molecule has 0 radical (unpaired) electrons. The molecule has 156 valence electrons. The summed E-state index contributed by atoms with van der Waals surface area (Å²) in [5.41, 5.74) is 6.87. The van der Waals surface area contributed by atoms with Crippen molar-refractivity contribution >= 4 is 5.71 Å². The fraction of sp³-hybridized carbons (Fsp3) is 0.269. The van der Waals surface area contributed by atoms with Gasteiger partial charge in [-0.05, 0) is 43.7 Å². The van der Waals surface area contributed by atoms with Crippen molar-refractivity contribution in [1.29, 1.82) is 0 Å². The van der Waals surface area contributed by atoms with Gasteiger partial charge < -0.3 is 14.2 Å². The zero-order valence-corrected chi connectivity index (χ0v) is 17.7. The second-order valence-corrected chi connectivity index (χ2v) is 8.37. The number of hydrazone groups is 1. The Bertz CT molecular complexity index is 1200. The number of hydrogen-bond acceptors (Lipinski definition) is 5. The first-order chi connectivity index (χ1) is 15.2. The van der Waals surface area contributed by atoms with Gasteiger partial charge in [-0.15, -0.1) is 0 Å². The van der Waals surface area contributed by atoms with E-state index in [2.05, 4.69) is 61.3 Å². The number of rotatable bonds is 2. The molecule has 0 aliphatic carbocycles. The molecule has 0 saturated carbocycles. The predicted octanol–water partition coefficient (Wildman–Crippen LogP) is 5.32. The summed E-state index contributed by atoms with van der Waals surface area (Å²) in [6.45, 7) is 5.42. The van der Waals surface area contributed by atoms with Gasteiger partial charge >= 0.3 is 0 Å². The smallest absolute Gasteiger partial charge is 0.214 e. The molecule has 0 spiro atoms. The second-order valence-electron chi connectivity index (χ2n) is 8.37. The molecule has 3 aliphatic rings. The lowest BCUT2D eigenvalue weighted by Crippen LogP contribution is -2.34. The molecule has 0 N–H and O–H groups in total. The lowest BCUT2D eigenvalue weighted by atomic mass is 9.95. The number of para-hydroxylation sites is 1. The van der Waals surface area contributed by atoms with Crippen molar-refractivity contribution in [2.75, 3.05) is 13.2 Å². The maximum Gasteiger partial charge on any atom is 0.214 e. The topological polar surface area (TPSA) is 43.3 Å². The highest BCUT2D eigenvalue weighted by Gasteiger charge is 2.41. The average molecular weight is 412 g/mol. The SMILES string of the molecule is Cc1ccc(C)c([C@@H]2Oc3ccccc3[C@H]3CC(c4ccc5c(c4)OCCO5)=NN32)c1. The number of hydrogen-bond donors (Lipinski definition) is 0. The first kappa shape index (κ1) is 18.3. The molecule has 0 aromatic heterocycles. The second kappa shape index (κ2) is 7.05. The Morgan fingerprint density at radius 2 is 1.68 bits per heavy atom. The molecule has 0 unspecified atom stereocenters. The monoisotopic (exact) mass is 412 g/mol. The fourth-order valence-electron chi connectivity index (χ4n) is 4.66. The molecule has 3 heterocycles. The quantitative estimate of drug-likeness (QED) is 0.572. The standard InChI is InChI=1S/C26H24N2O3/c1-16-7-8-17(2)20(13-16)26-28-22(19-5-3-4-6-23(19)31-26)15-21(27-28)18-9-10-24-25(14-18)30-12-11-29-24/h3-10,13-14,22,26H,11-12,15H2,1-2H3/t22-,26+/m1/s1. The molecule has 5 heteroatoms. The van der Waals surface area contributed by atoms with Crippen LogP contribution in [-0.4, -0.2) is 23.9 Å². The first-order valence-corrected chi connectivity index (χ1v) is 10.8. The number of aryl methyl sites for hydroxylation is 2. The minimum Gasteiger partial charge on any atom is -0.486 e. The molecule has 31 heavy (non-hydrogen) atoms. The summed E-state index contributed by atoms with van der Waals surface area (Å²) in [4.78, 5) is 0. The van der Waals surface area contributed by atoms with Gasteiger partial charge in [0, 0.05) is 23.1 Å². The lowest BCUT2D eigenvalue weighted by Gasteiger charge is -2.38. The van der Waals surface area contributed by atoms with Crippen molar-refractivity contribution in [3.05, 3.63) is 88.5 Å². The van der Waals surface area contributed by atoms with Gasteiger partial charge in [-0.3, -0.25) is 0 Å². The number of ether oxygens (including phenoxy) is 3. The normalized spacial score (nSPS) is 21.1. The van der Waals surface area contributed by atoms with E-state index < -0.39 is 0 Å². The summed E-state index contributed by atoms with van der Waals surface area (Å²) in [5, 5.41) is 7.22. The molecule has 6 rings (SSSR count). The molecule has 2 atom stereocenters. The Labute approximate surface area is 181 Å². The highest BCUT2D eigenvalue weighted by molar-refractivity contribution is 6.02. The van der Waals surface area contributed by atoms with Crippen LogP contribution in [0.2, 0.25) is 0 Å². The van der Waals surface area contributed by atoms with Crippen LogP contribution in [0.5, 0.6) is 17.2 Å². The molecule has 0 bridgehead atoms. The molecule has 0 fully saturated rings. The molecule has 0 amide bonds. The summed E-state index contributed by atoms with van der Waals surface area (Å²) in [7, 11) is 0. The number of nitrogens with zero attached hydrogens (tertiary/aromatic N) is 2. The number of benzene rings is 3. The maximum absolute atomic E-state index is 6.52. The molecule has 3 aliphatic heterocycles. The van der Waals surface area contributed by atoms with Crippen molar-refractivity contribution in [2.45, 2.75) is 32.5 Å². The molecular formula is C26H24N2O3. The van der Waals surface area contributed by atoms with Crippen LogP contribution < -0.4 is 14.2 Å². The Balaban J connectivity index is 1.44. The largest absolute Gasteiger partial charge is 0.486 e. The first-order valence-electron chi connectivity index (χ1n) is 10.8. The summed E-state index contributed by atoms with van der Waals surface area (Å²) in [6.07, 6.45) is 0.566. The minimum absolute atomic E-state index is 0.137. The summed E-state index contributed by atoms with van der Waals surface area (Å²) < 4.78 is 18.0. The predicted molar refractivity (Wildman–Crippen MR) is 119 cm³/mol. The zero-order valence-electron chi connectivity index (χ0n) is 17.7. The van der Waals surface area contributed by atoms with E-state index in [1.54, 1.807) is 0 Å². The van der Waals surface area contributed by atoms with Gasteiger partial charge in [0.1, 0.15) is 19.0 Å². The van der Waals surface area contributed by atoms with E-state index in [9.17, 15) is 0 Å². The third kappa shape index (κ3) is 3.03. The molecule has 3 aromatic carbocycles. The minimum atomic E-state index is -0.255. The van der Waals surface area contributed by atoms with Gasteiger partial charge in [0.15, 0.2) is 11.5 Å². The Morgan fingerprint density at radius 3 is 2.58 bits per heavy atom. The summed E-state index contributed by atoms with van der Waals surface area (Å²) >= 11 is 0. The molecule has 5 nitrogen and oxygen atoms in total. The van der Waals surface area contributed by atoms with E-state index in [0.717, 1.165) is 40.5 Å². The van der Waals surface area contributed by atoms with Crippen molar-refractivity contribution < 1.29 is 14.2 Å². The van der Waals surface area contributed by atoms with E-state index in [0.29, 0.717) is 13.2 Å². The fourth-order valence-corrected chi connectivity index (χ4v) is 4.66. The van der Waals surface area contributed by atoms with Gasteiger partial charge in [0.2, 0.25) is 6.23 Å². The highest BCUT2D eigenvalue weighted by atomic mass is 16.6. The third-order valence-electron chi connectivity index (χ3n) is 6.28. The molecular weight excluding hydrogens is 388 g/mol. The van der Waals surface area contributed by atoms with E-state index in [-0.39, 0.29) is 12.3 Å². The Hall–Kier alpha value is -3.47. The van der Waals surface area contributed by atoms with Gasteiger partial charge in [0.25, 0.3) is 0 Å². The van der Waals surface area contributed by atoms with Gasteiger partial charge in [-0.25, -0.2) is 5.01 Å². The van der Waals surface area contributed by atoms with Crippen LogP contribution >= 0.6 is 0 Å². The number of fused-ring (bicyclic) bond motifs is 4. The Kier molecular flexibility index (Phi) is 4.16. The summed E-state index contributed by atoms with van der Waals surface area (Å²) in [5.74, 6) is 2.53. The van der Waals surface area contributed by atoms with Crippen molar-refractivity contribution in [3.63, 3.8) is 0 Å². The Morgan fingerprint density at radius 1 is 0.839 bits per heavy atom. The molecule has 0 saturated heterocycles. The van der Waals surface area contributed by atoms with E-state index in [1.807, 2.05) is 18.2 Å². The van der Waals surface area contributed by atoms with E-state index in [4.69, 9.17) is 19.3 Å². The maximum atomic E-state index is 6.52. The van der Waals surface area contributed by atoms with Crippen LogP contribution in [0.4, 0.5) is 0 Å². The van der Waals surface area contributed by atoms with Crippen LogP contribution in [0.3, 0.4) is 0 Å². The van der Waals surface area contributed by atoms with Crippen LogP contribution in [0.15, 0.2) is 65.8 Å². The van der Waals surface area contributed by atoms with Gasteiger partial charge in [-0.2, -0.15) is 5.10 Å². The summed E-state index contributed by atoms with van der Waals surface area (Å²) in [6, 6.07) is 21.1. The lowest BCUT2D eigenvalue weighted by molar-refractivity contribution is -0.0194. The van der Waals surface area contributed by atoms with Gasteiger partial charge in [-0.1, -0.05) is 42.0 Å². The zero-order chi connectivity index (χ0) is 20.9. The van der Waals surface area contributed by atoms with Crippen molar-refractivity contribution in [1.82, 2.24) is 5.01 Å². The van der Waals surface area contributed by atoms with Crippen LogP contribution in [0.1, 0.15) is 46.5 Å². The third-order valence-corrected chi connectivity index (χ3v) is 6.28. The average Bonchev–Trinajstić information content (AvgIpc) is 3.26. The van der Waals surface area contributed by atoms with Gasteiger partial charge in [0.05, 0.1) is 11.8 Å². The molecule has 3 aromatic rings. The van der Waals surface area contributed by atoms with E-state index >= 15 is 0 Å².